The lowest BCUT2D eigenvalue weighted by Crippen LogP contribution is -2.73. The van der Waals surface area contributed by atoms with Crippen LogP contribution in [0.5, 0.6) is 0 Å². The molecule has 0 unspecified atom stereocenters. The minimum atomic E-state index is -4.45. The van der Waals surface area contributed by atoms with Crippen LogP contribution in [0.3, 0.4) is 0 Å². The van der Waals surface area contributed by atoms with Crippen molar-refractivity contribution in [3.05, 3.63) is 0 Å². The predicted molar refractivity (Wildman–Crippen MR) is 32.1 cm³/mol. The van der Waals surface area contributed by atoms with E-state index in [2.05, 4.69) is 16.7 Å². The molecule has 0 bridgehead atoms. The van der Waals surface area contributed by atoms with E-state index >= 15 is 0 Å². The van der Waals surface area contributed by atoms with Crippen molar-refractivity contribution in [1.82, 2.24) is 0 Å². The van der Waals surface area contributed by atoms with E-state index in [1.807, 2.05) is 0 Å². The van der Waals surface area contributed by atoms with E-state index < -0.39 is 32.7 Å². The van der Waals surface area contributed by atoms with Crippen molar-refractivity contribution in [2.24, 2.45) is 0 Å². The summed E-state index contributed by atoms with van der Waals surface area (Å²) in [6.07, 6.45) is 0. The van der Waals surface area contributed by atoms with Crippen LogP contribution in [0.15, 0.2) is 0 Å². The van der Waals surface area contributed by atoms with Crippen LogP contribution in [0.4, 0.5) is 0 Å². The molecule has 2 N–H and O–H groups in total. The van der Waals surface area contributed by atoms with Gasteiger partial charge in [0.2, 0.25) is 0 Å². The summed E-state index contributed by atoms with van der Waals surface area (Å²) in [6.45, 7) is 0. The largest absolute Gasteiger partial charge is 0.409 e. The zero-order valence-electron chi connectivity index (χ0n) is 5.98. The quantitative estimate of drug-likeness (QED) is 0.489. The van der Waals surface area contributed by atoms with E-state index in [1.54, 1.807) is 0 Å². The van der Waals surface area contributed by atoms with Gasteiger partial charge < -0.3 is 10.2 Å². The Morgan fingerprint density at radius 3 is 1.07 bits per heavy atom. The van der Waals surface area contributed by atoms with Crippen LogP contribution in [0, 0.1) is 0 Å². The molecule has 2 rings (SSSR count). The first-order chi connectivity index (χ1) is 6.08. The first-order valence-corrected chi connectivity index (χ1v) is 5.51. The molecular formula is C2H2O10S2. The molecule has 0 saturated carbocycles. The third-order valence-electron chi connectivity index (χ3n) is 1.26. The van der Waals surface area contributed by atoms with Crippen LogP contribution >= 0.6 is 0 Å². The molecule has 2 fully saturated rings. The van der Waals surface area contributed by atoms with Gasteiger partial charge in [-0.25, -0.2) is 0 Å². The molecule has 14 heavy (non-hydrogen) atoms. The maximum atomic E-state index is 10.3. The van der Waals surface area contributed by atoms with Gasteiger partial charge in [0.1, 0.15) is 0 Å². The van der Waals surface area contributed by atoms with Crippen molar-refractivity contribution in [1.29, 1.82) is 0 Å². The molecule has 2 aliphatic rings. The Labute approximate surface area is 77.2 Å². The van der Waals surface area contributed by atoms with Gasteiger partial charge in [-0.3, -0.25) is 0 Å². The fraction of sp³-hybridized carbons (Fsp3) is 1.00. The minimum absolute atomic E-state index is 3.21. The first kappa shape index (κ1) is 10.2. The van der Waals surface area contributed by atoms with Crippen LogP contribution in [-0.2, 0) is 37.5 Å². The fourth-order valence-electron chi connectivity index (χ4n) is 0.776. The van der Waals surface area contributed by atoms with Crippen LogP contribution in [0.2, 0.25) is 0 Å². The second-order valence-electron chi connectivity index (χ2n) is 2.31. The summed E-state index contributed by atoms with van der Waals surface area (Å²) >= 11 is 0. The molecule has 0 aromatic heterocycles. The summed E-state index contributed by atoms with van der Waals surface area (Å²) in [5, 5.41) is 17.9. The Morgan fingerprint density at radius 1 is 0.714 bits per heavy atom. The van der Waals surface area contributed by atoms with E-state index in [4.69, 9.17) is 10.2 Å². The number of aliphatic hydroxyl groups is 2. The van der Waals surface area contributed by atoms with Gasteiger partial charge in [-0.05, 0) is 0 Å². The van der Waals surface area contributed by atoms with Crippen LogP contribution < -0.4 is 0 Å². The Hall–Kier alpha value is -0.340. The Balaban J connectivity index is 2.20. The monoisotopic (exact) mass is 250 g/mol. The molecule has 2 aliphatic heterocycles. The third kappa shape index (κ3) is 1.24. The molecule has 0 spiro atoms. The molecule has 0 aromatic rings. The second-order valence-corrected chi connectivity index (χ2v) is 4.61. The number of rotatable bonds is 1. The number of hydrogen-bond acceptors (Lipinski definition) is 10. The molecule has 0 atom stereocenters. The molecule has 0 aliphatic carbocycles. The average molecular weight is 250 g/mol. The maximum Gasteiger partial charge on any atom is 0.409 e. The standard InChI is InChI=1S/C2H2O10S2/c3-1(9-13(5,6)10-1)2(4)11-14(7,8)12-2/h3-4H. The molecule has 12 heteroatoms. The summed E-state index contributed by atoms with van der Waals surface area (Å²) in [6, 6.07) is 0. The van der Waals surface area contributed by atoms with Crippen molar-refractivity contribution in [3.8, 4) is 0 Å². The molecule has 0 aromatic carbocycles. The highest BCUT2D eigenvalue weighted by atomic mass is 32.3. The minimum Gasteiger partial charge on any atom is -0.335 e. The van der Waals surface area contributed by atoms with Gasteiger partial charge in [0, 0.05) is 0 Å². The van der Waals surface area contributed by atoms with E-state index in [0.29, 0.717) is 0 Å². The Morgan fingerprint density at radius 2 is 0.929 bits per heavy atom. The first-order valence-electron chi connectivity index (χ1n) is 2.85. The van der Waals surface area contributed by atoms with Crippen LogP contribution in [0.25, 0.3) is 0 Å². The highest BCUT2D eigenvalue weighted by Crippen LogP contribution is 2.45. The van der Waals surface area contributed by atoms with Crippen molar-refractivity contribution < 1.29 is 43.8 Å². The molecule has 0 amide bonds. The lowest BCUT2D eigenvalue weighted by molar-refractivity contribution is -0.520. The predicted octanol–water partition coefficient (Wildman–Crippen LogP) is -3.14. The zero-order valence-corrected chi connectivity index (χ0v) is 7.61. The highest BCUT2D eigenvalue weighted by molar-refractivity contribution is 7.83. The van der Waals surface area contributed by atoms with Gasteiger partial charge in [-0.2, -0.15) is 33.6 Å². The van der Waals surface area contributed by atoms with E-state index in [1.165, 1.54) is 0 Å². The Kier molecular flexibility index (Phi) is 1.64. The van der Waals surface area contributed by atoms with Gasteiger partial charge in [-0.15, -0.1) is 0 Å². The molecule has 82 valence electrons. The van der Waals surface area contributed by atoms with E-state index in [0.717, 1.165) is 0 Å². The van der Waals surface area contributed by atoms with E-state index in [9.17, 15) is 16.8 Å². The molecular weight excluding hydrogens is 248 g/mol. The van der Waals surface area contributed by atoms with Crippen molar-refractivity contribution in [3.63, 3.8) is 0 Å². The lowest BCUT2D eigenvalue weighted by atomic mass is 10.5. The Bertz CT molecular complexity index is 398. The maximum absolute atomic E-state index is 10.3. The highest BCUT2D eigenvalue weighted by Gasteiger charge is 2.76. The molecule has 2 heterocycles. The van der Waals surface area contributed by atoms with Gasteiger partial charge in [0.25, 0.3) is 0 Å². The van der Waals surface area contributed by atoms with Crippen molar-refractivity contribution in [2.75, 3.05) is 0 Å². The molecule has 2 saturated heterocycles. The normalized spacial score (nSPS) is 35.3. The lowest BCUT2D eigenvalue weighted by Gasteiger charge is -2.45. The van der Waals surface area contributed by atoms with E-state index in [-0.39, 0.29) is 0 Å². The molecule has 10 nitrogen and oxygen atoms in total. The molecule has 0 radical (unpaired) electrons. The third-order valence-corrected chi connectivity index (χ3v) is 2.98. The van der Waals surface area contributed by atoms with Crippen LogP contribution in [0.1, 0.15) is 0 Å². The average Bonchev–Trinajstić information content (AvgIpc) is 1.76. The van der Waals surface area contributed by atoms with Gasteiger partial charge in [0.15, 0.2) is 0 Å². The summed E-state index contributed by atoms with van der Waals surface area (Å²) < 4.78 is 55.7. The van der Waals surface area contributed by atoms with Crippen molar-refractivity contribution >= 4 is 20.8 Å². The van der Waals surface area contributed by atoms with Gasteiger partial charge in [-0.1, -0.05) is 0 Å². The summed E-state index contributed by atoms with van der Waals surface area (Å²) in [5.74, 6) is -6.42. The summed E-state index contributed by atoms with van der Waals surface area (Å²) in [7, 11) is -8.90. The topological polar surface area (TPSA) is 146 Å². The SMILES string of the molecule is O=S1(=O)OC(O)(C2(O)OS(=O)(=O)O2)O1. The zero-order chi connectivity index (χ0) is 10.8. The van der Waals surface area contributed by atoms with Gasteiger partial charge in [0.05, 0.1) is 0 Å². The van der Waals surface area contributed by atoms with Crippen LogP contribution in [-0.4, -0.2) is 39.0 Å². The summed E-state index contributed by atoms with van der Waals surface area (Å²) in [4.78, 5) is 0. The second kappa shape index (κ2) is 2.25. The summed E-state index contributed by atoms with van der Waals surface area (Å²) in [5.41, 5.74) is 0. The fourth-order valence-corrected chi connectivity index (χ4v) is 2.33. The smallest absolute Gasteiger partial charge is 0.335 e. The number of hydrogen-bond donors (Lipinski definition) is 2. The van der Waals surface area contributed by atoms with Gasteiger partial charge >= 0.3 is 32.7 Å². The van der Waals surface area contributed by atoms with Crippen molar-refractivity contribution in [2.45, 2.75) is 11.9 Å².